The molecule has 2 aromatic carbocycles. The quantitative estimate of drug-likeness (QED) is 0.558. The Labute approximate surface area is 201 Å². The minimum atomic E-state index is -1.72. The molecule has 2 N–H and O–H groups in total. The second-order valence-corrected chi connectivity index (χ2v) is 8.70. The molecule has 0 fully saturated rings. The zero-order chi connectivity index (χ0) is 24.6. The number of carbonyl (C=O) groups is 3. The van der Waals surface area contributed by atoms with Crippen LogP contribution in [0.5, 0.6) is 17.2 Å². The molecule has 1 aliphatic carbocycles. The van der Waals surface area contributed by atoms with Gasteiger partial charge in [0.15, 0.2) is 5.75 Å². The van der Waals surface area contributed by atoms with Crippen LogP contribution in [0, 0.1) is 5.92 Å². The Kier molecular flexibility index (Phi) is 6.27. The molecule has 2 unspecified atom stereocenters. The number of hydrogen-bond donors (Lipinski definition) is 2. The van der Waals surface area contributed by atoms with E-state index in [-0.39, 0.29) is 34.3 Å². The Bertz CT molecular complexity index is 1200. The first-order valence-electron chi connectivity index (χ1n) is 10.7. The second kappa shape index (κ2) is 9.02. The lowest BCUT2D eigenvalue weighted by Crippen LogP contribution is -2.55. The van der Waals surface area contributed by atoms with E-state index in [1.54, 1.807) is 6.92 Å². The molecule has 1 spiro atoms. The SMILES string of the molecule is COc1cc(OC)c2c(c1Cl)OC1(C(=O)C=C(Nc3ccc(CCC(=O)O)cc3)CC1C)C2=O. The molecular weight excluding hydrogens is 462 g/mol. The molecule has 2 aromatic rings. The van der Waals surface area contributed by atoms with Gasteiger partial charge in [-0.25, -0.2) is 0 Å². The third-order valence-electron chi connectivity index (χ3n) is 6.20. The summed E-state index contributed by atoms with van der Waals surface area (Å²) in [5.74, 6) is -1.71. The lowest BCUT2D eigenvalue weighted by atomic mass is 9.74. The molecule has 0 amide bonds. The number of carboxylic acid groups (broad SMARTS) is 1. The first-order valence-corrected chi connectivity index (χ1v) is 11.1. The van der Waals surface area contributed by atoms with Crippen LogP contribution in [-0.2, 0) is 16.0 Å². The highest BCUT2D eigenvalue weighted by atomic mass is 35.5. The standard InChI is InChI=1S/C25H24ClNO7/c1-13-10-16(27-15-7-4-14(5-8-15)6-9-20(29)30)11-19(28)25(13)24(31)21-17(32-2)12-18(33-3)22(26)23(21)34-25/h4-5,7-8,11-13,27H,6,9-10H2,1-3H3,(H,29,30). The van der Waals surface area contributed by atoms with E-state index < -0.39 is 29.1 Å². The maximum absolute atomic E-state index is 13.5. The van der Waals surface area contributed by atoms with Crippen molar-refractivity contribution in [3.8, 4) is 17.2 Å². The van der Waals surface area contributed by atoms with Gasteiger partial charge in [-0.3, -0.25) is 14.4 Å². The summed E-state index contributed by atoms with van der Waals surface area (Å²) < 4.78 is 16.7. The van der Waals surface area contributed by atoms with E-state index in [9.17, 15) is 14.4 Å². The predicted molar refractivity (Wildman–Crippen MR) is 125 cm³/mol. The van der Waals surface area contributed by atoms with Gasteiger partial charge in [0.05, 0.1) is 14.2 Å². The Morgan fingerprint density at radius 3 is 2.47 bits per heavy atom. The molecule has 0 saturated carbocycles. The van der Waals surface area contributed by atoms with E-state index in [1.807, 2.05) is 24.3 Å². The van der Waals surface area contributed by atoms with E-state index in [4.69, 9.17) is 30.9 Å². The highest BCUT2D eigenvalue weighted by molar-refractivity contribution is 6.36. The highest BCUT2D eigenvalue weighted by Crippen LogP contribution is 2.53. The van der Waals surface area contributed by atoms with Crippen molar-refractivity contribution >= 4 is 34.8 Å². The summed E-state index contributed by atoms with van der Waals surface area (Å²) in [6.07, 6.45) is 2.26. The van der Waals surface area contributed by atoms with Crippen molar-refractivity contribution in [1.29, 1.82) is 0 Å². The van der Waals surface area contributed by atoms with Crippen molar-refractivity contribution in [2.24, 2.45) is 5.92 Å². The summed E-state index contributed by atoms with van der Waals surface area (Å²) in [6, 6.07) is 8.82. The van der Waals surface area contributed by atoms with Crippen molar-refractivity contribution in [2.45, 2.75) is 31.8 Å². The number of aryl methyl sites for hydroxylation is 1. The summed E-state index contributed by atoms with van der Waals surface area (Å²) in [5, 5.41) is 12.1. The van der Waals surface area contributed by atoms with Crippen LogP contribution < -0.4 is 19.5 Å². The Balaban J connectivity index is 1.59. The van der Waals surface area contributed by atoms with Crippen molar-refractivity contribution in [1.82, 2.24) is 0 Å². The molecule has 0 aromatic heterocycles. The number of ketones is 2. The van der Waals surface area contributed by atoms with Crippen LogP contribution in [0.3, 0.4) is 0 Å². The minimum Gasteiger partial charge on any atom is -0.496 e. The van der Waals surface area contributed by atoms with Gasteiger partial charge in [-0.15, -0.1) is 0 Å². The van der Waals surface area contributed by atoms with Gasteiger partial charge < -0.3 is 24.6 Å². The first kappa shape index (κ1) is 23.6. The number of anilines is 1. The number of carboxylic acids is 1. The van der Waals surface area contributed by atoms with Crippen LogP contribution in [0.1, 0.15) is 35.7 Å². The molecule has 9 heteroatoms. The van der Waals surface area contributed by atoms with E-state index in [0.29, 0.717) is 18.5 Å². The fraction of sp³-hybridized carbons (Fsp3) is 0.320. The van der Waals surface area contributed by atoms with E-state index in [2.05, 4.69) is 5.32 Å². The number of allylic oxidation sites excluding steroid dienone is 1. The Morgan fingerprint density at radius 2 is 1.88 bits per heavy atom. The molecule has 2 aliphatic rings. The van der Waals surface area contributed by atoms with Crippen LogP contribution in [0.4, 0.5) is 5.69 Å². The van der Waals surface area contributed by atoms with E-state index >= 15 is 0 Å². The first-order chi connectivity index (χ1) is 16.2. The molecule has 0 bridgehead atoms. The predicted octanol–water partition coefficient (Wildman–Crippen LogP) is 4.29. The van der Waals surface area contributed by atoms with Gasteiger partial charge in [-0.1, -0.05) is 30.7 Å². The van der Waals surface area contributed by atoms with Crippen LogP contribution in [0.15, 0.2) is 42.1 Å². The maximum atomic E-state index is 13.5. The van der Waals surface area contributed by atoms with Gasteiger partial charge in [0.25, 0.3) is 0 Å². The minimum absolute atomic E-state index is 0.0587. The van der Waals surface area contributed by atoms with Crippen LogP contribution >= 0.6 is 11.6 Å². The lowest BCUT2D eigenvalue weighted by Gasteiger charge is -2.35. The van der Waals surface area contributed by atoms with Crippen LogP contribution in [-0.4, -0.2) is 42.5 Å². The molecule has 34 heavy (non-hydrogen) atoms. The van der Waals surface area contributed by atoms with Crippen molar-refractivity contribution in [3.05, 3.63) is 58.3 Å². The summed E-state index contributed by atoms with van der Waals surface area (Å²) in [7, 11) is 2.86. The average Bonchev–Trinajstić information content (AvgIpc) is 3.12. The zero-order valence-electron chi connectivity index (χ0n) is 18.9. The average molecular weight is 486 g/mol. The summed E-state index contributed by atoms with van der Waals surface area (Å²) in [6.45, 7) is 1.78. The van der Waals surface area contributed by atoms with Gasteiger partial charge in [-0.2, -0.15) is 0 Å². The maximum Gasteiger partial charge on any atom is 0.303 e. The number of aliphatic carboxylic acids is 1. The van der Waals surface area contributed by atoms with E-state index in [1.165, 1.54) is 26.4 Å². The third kappa shape index (κ3) is 3.88. The number of nitrogens with one attached hydrogen (secondary N) is 1. The summed E-state index contributed by atoms with van der Waals surface area (Å²) >= 11 is 6.41. The van der Waals surface area contributed by atoms with Crippen molar-refractivity contribution < 1.29 is 33.7 Å². The second-order valence-electron chi connectivity index (χ2n) is 8.32. The molecular formula is C25H24ClNO7. The lowest BCUT2D eigenvalue weighted by molar-refractivity contribution is -0.137. The smallest absolute Gasteiger partial charge is 0.303 e. The van der Waals surface area contributed by atoms with Gasteiger partial charge in [0.2, 0.25) is 17.2 Å². The number of fused-ring (bicyclic) bond motifs is 1. The van der Waals surface area contributed by atoms with Gasteiger partial charge in [0.1, 0.15) is 22.1 Å². The fourth-order valence-corrected chi connectivity index (χ4v) is 4.67. The van der Waals surface area contributed by atoms with E-state index in [0.717, 1.165) is 11.3 Å². The number of carbonyl (C=O) groups excluding carboxylic acids is 2. The molecule has 1 aliphatic heterocycles. The monoisotopic (exact) mass is 485 g/mol. The molecule has 4 rings (SSSR count). The Hall–Kier alpha value is -3.52. The highest BCUT2D eigenvalue weighted by Gasteiger charge is 2.60. The topological polar surface area (TPSA) is 111 Å². The molecule has 178 valence electrons. The summed E-state index contributed by atoms with van der Waals surface area (Å²) in [5.41, 5.74) is 0.701. The van der Waals surface area contributed by atoms with Gasteiger partial charge in [-0.05, 0) is 30.5 Å². The third-order valence-corrected chi connectivity index (χ3v) is 6.55. The van der Waals surface area contributed by atoms with Crippen molar-refractivity contribution in [2.75, 3.05) is 19.5 Å². The number of halogens is 1. The van der Waals surface area contributed by atoms with Crippen LogP contribution in [0.2, 0.25) is 5.02 Å². The zero-order valence-corrected chi connectivity index (χ0v) is 19.7. The fourth-order valence-electron chi connectivity index (χ4n) is 4.41. The number of Topliss-reactive ketones (excluding diaryl/α,β-unsaturated/α-hetero) is 1. The largest absolute Gasteiger partial charge is 0.496 e. The number of benzene rings is 2. The summed E-state index contributed by atoms with van der Waals surface area (Å²) in [4.78, 5) is 37.6. The number of methoxy groups -OCH3 is 2. The van der Waals surface area contributed by atoms with Gasteiger partial charge in [0, 0.05) is 35.9 Å². The Morgan fingerprint density at radius 1 is 1.21 bits per heavy atom. The molecule has 2 atom stereocenters. The number of ether oxygens (including phenoxy) is 3. The normalized spacial score (nSPS) is 21.1. The van der Waals surface area contributed by atoms with Gasteiger partial charge >= 0.3 is 5.97 Å². The van der Waals surface area contributed by atoms with Crippen LogP contribution in [0.25, 0.3) is 0 Å². The number of hydrogen-bond acceptors (Lipinski definition) is 7. The molecule has 8 nitrogen and oxygen atoms in total. The van der Waals surface area contributed by atoms with Crippen molar-refractivity contribution in [3.63, 3.8) is 0 Å². The number of rotatable bonds is 7. The molecule has 1 heterocycles. The molecule has 0 saturated heterocycles. The molecule has 0 radical (unpaired) electrons.